The number of hydrogen-bond acceptors (Lipinski definition) is 6. The number of halogens is 2. The maximum Gasteiger partial charge on any atom is 0.387 e. The Morgan fingerprint density at radius 2 is 1.89 bits per heavy atom. The standard InChI is InChI=1S/C19H10F2N4O2S/c20-19(21)27-15-6-4-14(5-7-15)25-17(26)16(9-13-3-1-2-8-24-13)28-18(25)12(10-22)11-23/h1-9,19H. The maximum absolute atomic E-state index is 12.9. The average molecular weight is 396 g/mol. The highest BCUT2D eigenvalue weighted by Gasteiger charge is 2.12. The van der Waals surface area contributed by atoms with E-state index >= 15 is 0 Å². The Kier molecular flexibility index (Phi) is 5.58. The number of ether oxygens (including phenoxy) is 1. The third-order valence-electron chi connectivity index (χ3n) is 3.55. The molecule has 3 aromatic rings. The summed E-state index contributed by atoms with van der Waals surface area (Å²) >= 11 is 0.970. The molecule has 0 fully saturated rings. The van der Waals surface area contributed by atoms with E-state index in [0.29, 0.717) is 11.4 Å². The molecule has 0 unspecified atom stereocenters. The van der Waals surface area contributed by atoms with E-state index in [0.717, 1.165) is 11.3 Å². The van der Waals surface area contributed by atoms with Gasteiger partial charge in [-0.15, -0.1) is 11.3 Å². The van der Waals surface area contributed by atoms with E-state index in [9.17, 15) is 24.1 Å². The summed E-state index contributed by atoms with van der Waals surface area (Å²) in [4.78, 5) is 17.1. The topological polar surface area (TPSA) is 91.7 Å². The van der Waals surface area contributed by atoms with Gasteiger partial charge in [-0.2, -0.15) is 19.3 Å². The van der Waals surface area contributed by atoms with Crippen molar-refractivity contribution in [3.8, 4) is 23.6 Å². The molecule has 0 spiro atoms. The number of thiazole rings is 1. The van der Waals surface area contributed by atoms with E-state index in [4.69, 9.17) is 0 Å². The molecule has 0 atom stereocenters. The molecule has 0 saturated carbocycles. The van der Waals surface area contributed by atoms with Gasteiger partial charge in [-0.05, 0) is 42.5 Å². The first-order valence-electron chi connectivity index (χ1n) is 7.78. The number of aromatic nitrogens is 2. The number of benzene rings is 1. The first-order chi connectivity index (χ1) is 13.5. The van der Waals surface area contributed by atoms with Crippen LogP contribution in [0.2, 0.25) is 0 Å². The number of hydrogen-bond donors (Lipinski definition) is 0. The van der Waals surface area contributed by atoms with Crippen molar-refractivity contribution < 1.29 is 13.5 Å². The van der Waals surface area contributed by atoms with Gasteiger partial charge in [0.15, 0.2) is 5.57 Å². The average Bonchev–Trinajstić information content (AvgIpc) is 3.00. The summed E-state index contributed by atoms with van der Waals surface area (Å²) in [5.74, 6) is -0.0754. The van der Waals surface area contributed by atoms with E-state index in [1.54, 1.807) is 42.6 Å². The monoisotopic (exact) mass is 396 g/mol. The number of pyridine rings is 1. The lowest BCUT2D eigenvalue weighted by molar-refractivity contribution is -0.0498. The number of rotatable bonds is 4. The van der Waals surface area contributed by atoms with Crippen LogP contribution >= 0.6 is 11.3 Å². The third kappa shape index (κ3) is 3.95. The predicted octanol–water partition coefficient (Wildman–Crippen LogP) is 1.92. The zero-order chi connectivity index (χ0) is 20.1. The smallest absolute Gasteiger partial charge is 0.387 e. The Morgan fingerprint density at radius 1 is 1.18 bits per heavy atom. The van der Waals surface area contributed by atoms with Gasteiger partial charge in [0.1, 0.15) is 22.6 Å². The van der Waals surface area contributed by atoms with E-state index in [1.807, 2.05) is 0 Å². The van der Waals surface area contributed by atoms with E-state index in [2.05, 4.69) is 9.72 Å². The second-order valence-corrected chi connectivity index (χ2v) is 6.31. The van der Waals surface area contributed by atoms with Crippen LogP contribution in [0, 0.1) is 22.7 Å². The lowest BCUT2D eigenvalue weighted by Gasteiger charge is -2.06. The van der Waals surface area contributed by atoms with Gasteiger partial charge in [0.25, 0.3) is 5.56 Å². The fourth-order valence-corrected chi connectivity index (χ4v) is 3.42. The largest absolute Gasteiger partial charge is 0.435 e. The van der Waals surface area contributed by atoms with Crippen molar-refractivity contribution in [1.82, 2.24) is 9.55 Å². The van der Waals surface area contributed by atoms with Crippen molar-refractivity contribution >= 4 is 23.0 Å². The molecule has 3 rings (SSSR count). The van der Waals surface area contributed by atoms with Crippen molar-refractivity contribution in [2.75, 3.05) is 0 Å². The Balaban J connectivity index is 2.25. The quantitative estimate of drug-likeness (QED) is 0.672. The van der Waals surface area contributed by atoms with Crippen molar-refractivity contribution in [2.45, 2.75) is 6.61 Å². The van der Waals surface area contributed by atoms with Crippen molar-refractivity contribution in [3.05, 3.63) is 73.9 Å². The van der Waals surface area contributed by atoms with Crippen LogP contribution in [0.15, 0.2) is 53.5 Å². The molecule has 138 valence electrons. The SMILES string of the molecule is N#CC(C#N)=c1sc(=Cc2ccccn2)c(=O)n1-c1ccc(OC(F)F)cc1. The van der Waals surface area contributed by atoms with Crippen LogP contribution in [-0.2, 0) is 0 Å². The molecule has 1 aromatic carbocycles. The van der Waals surface area contributed by atoms with Crippen molar-refractivity contribution in [1.29, 1.82) is 10.5 Å². The second-order valence-electron chi connectivity index (χ2n) is 5.28. The zero-order valence-corrected chi connectivity index (χ0v) is 14.9. The number of alkyl halides is 2. The molecule has 6 nitrogen and oxygen atoms in total. The Labute approximate surface area is 161 Å². The fraction of sp³-hybridized carbons (Fsp3) is 0.0526. The van der Waals surface area contributed by atoms with Crippen LogP contribution in [0.25, 0.3) is 17.3 Å². The molecular weight excluding hydrogens is 386 g/mol. The summed E-state index contributed by atoms with van der Waals surface area (Å²) in [6.45, 7) is -2.97. The van der Waals surface area contributed by atoms with Gasteiger partial charge in [0.2, 0.25) is 0 Å². The molecule has 0 N–H and O–H groups in total. The molecule has 2 aromatic heterocycles. The van der Waals surface area contributed by atoms with Gasteiger partial charge in [-0.25, -0.2) is 0 Å². The minimum Gasteiger partial charge on any atom is -0.435 e. The highest BCUT2D eigenvalue weighted by Crippen LogP contribution is 2.16. The summed E-state index contributed by atoms with van der Waals surface area (Å²) in [5, 5.41) is 18.5. The van der Waals surface area contributed by atoms with Gasteiger partial charge in [-0.3, -0.25) is 14.3 Å². The van der Waals surface area contributed by atoms with Crippen molar-refractivity contribution in [3.63, 3.8) is 0 Å². The third-order valence-corrected chi connectivity index (χ3v) is 4.64. The summed E-state index contributed by atoms with van der Waals surface area (Å²) in [7, 11) is 0. The Bertz CT molecular complexity index is 1230. The molecule has 0 radical (unpaired) electrons. The molecule has 0 aliphatic heterocycles. The fourth-order valence-electron chi connectivity index (χ4n) is 2.38. The molecule has 9 heteroatoms. The van der Waals surface area contributed by atoms with Crippen LogP contribution in [-0.4, -0.2) is 16.2 Å². The number of nitriles is 2. The van der Waals surface area contributed by atoms with E-state index in [-0.39, 0.29) is 20.5 Å². The molecule has 28 heavy (non-hydrogen) atoms. The maximum atomic E-state index is 12.9. The summed E-state index contributed by atoms with van der Waals surface area (Å²) in [6, 6.07) is 14.1. The minimum absolute atomic E-state index is 0.0754. The van der Waals surface area contributed by atoms with E-state index in [1.165, 1.54) is 28.8 Å². The highest BCUT2D eigenvalue weighted by molar-refractivity contribution is 7.07. The van der Waals surface area contributed by atoms with Crippen LogP contribution in [0.1, 0.15) is 5.69 Å². The van der Waals surface area contributed by atoms with E-state index < -0.39 is 12.2 Å². The number of nitrogens with zero attached hydrogens (tertiary/aromatic N) is 4. The molecule has 2 heterocycles. The zero-order valence-electron chi connectivity index (χ0n) is 14.0. The predicted molar refractivity (Wildman–Crippen MR) is 98.2 cm³/mol. The van der Waals surface area contributed by atoms with Crippen molar-refractivity contribution in [2.24, 2.45) is 0 Å². The van der Waals surface area contributed by atoms with Crippen LogP contribution in [0.3, 0.4) is 0 Å². The summed E-state index contributed by atoms with van der Waals surface area (Å²) < 4.78 is 30.5. The normalized spacial score (nSPS) is 11.1. The highest BCUT2D eigenvalue weighted by atomic mass is 32.1. The van der Waals surface area contributed by atoms with Gasteiger partial charge in [0, 0.05) is 6.20 Å². The first kappa shape index (κ1) is 19.0. The lowest BCUT2D eigenvalue weighted by atomic mass is 10.3. The van der Waals surface area contributed by atoms with Gasteiger partial charge in [-0.1, -0.05) is 6.07 Å². The second kappa shape index (κ2) is 8.25. The van der Waals surface area contributed by atoms with Gasteiger partial charge < -0.3 is 4.74 Å². The molecular formula is C19H10F2N4O2S. The van der Waals surface area contributed by atoms with Crippen LogP contribution < -0.4 is 19.5 Å². The lowest BCUT2D eigenvalue weighted by Crippen LogP contribution is -2.30. The van der Waals surface area contributed by atoms with Crippen LogP contribution in [0.4, 0.5) is 8.78 Å². The summed E-state index contributed by atoms with van der Waals surface area (Å²) in [5.41, 5.74) is 0.143. The first-order valence-corrected chi connectivity index (χ1v) is 8.59. The molecule has 0 aliphatic rings. The Morgan fingerprint density at radius 3 is 2.46 bits per heavy atom. The Hall–Kier alpha value is -3.82. The molecule has 0 aliphatic carbocycles. The minimum atomic E-state index is -2.97. The molecule has 0 bridgehead atoms. The molecule has 0 saturated heterocycles. The summed E-state index contributed by atoms with van der Waals surface area (Å²) in [6.07, 6.45) is 3.12. The van der Waals surface area contributed by atoms with Gasteiger partial charge in [0.05, 0.1) is 15.9 Å². The molecule has 0 amide bonds. The van der Waals surface area contributed by atoms with Gasteiger partial charge >= 0.3 is 6.61 Å². The van der Waals surface area contributed by atoms with Crippen LogP contribution in [0.5, 0.6) is 5.75 Å².